The lowest BCUT2D eigenvalue weighted by atomic mass is 9.78. The molecule has 19 heavy (non-hydrogen) atoms. The van der Waals surface area contributed by atoms with Gasteiger partial charge in [0, 0.05) is 16.7 Å². The van der Waals surface area contributed by atoms with Crippen LogP contribution >= 0.6 is 11.6 Å². The van der Waals surface area contributed by atoms with Gasteiger partial charge in [-0.1, -0.05) is 58.3 Å². The predicted octanol–water partition coefficient (Wildman–Crippen LogP) is 4.36. The van der Waals surface area contributed by atoms with Crippen LogP contribution in [0.2, 0.25) is 0 Å². The lowest BCUT2D eigenvalue weighted by Crippen LogP contribution is -2.18. The van der Waals surface area contributed by atoms with E-state index < -0.39 is 0 Å². The zero-order chi connectivity index (χ0) is 15.0. The Kier molecular flexibility index (Phi) is 4.20. The summed E-state index contributed by atoms with van der Waals surface area (Å²) in [6.07, 6.45) is 0. The first-order valence-electron chi connectivity index (χ1n) is 6.24. The standard InChI is InChI=1S/C15H22ClNO2/c1-14(2,3)10-7-9(13(16)17-19)8-11(12(10)18)15(4,5)6/h7-8,18-19H,1-6H3/b17-13+. The zero-order valence-electron chi connectivity index (χ0n) is 12.4. The van der Waals surface area contributed by atoms with Crippen LogP contribution in [0.3, 0.4) is 0 Å². The van der Waals surface area contributed by atoms with Gasteiger partial charge in [0.2, 0.25) is 0 Å². The van der Waals surface area contributed by atoms with E-state index in [4.69, 9.17) is 16.8 Å². The third-order valence-electron chi connectivity index (χ3n) is 3.05. The summed E-state index contributed by atoms with van der Waals surface area (Å²) in [5, 5.41) is 22.4. The quantitative estimate of drug-likeness (QED) is 0.457. The summed E-state index contributed by atoms with van der Waals surface area (Å²) >= 11 is 5.91. The van der Waals surface area contributed by atoms with Crippen LogP contribution in [0.5, 0.6) is 5.75 Å². The first-order valence-corrected chi connectivity index (χ1v) is 6.62. The molecule has 0 radical (unpaired) electrons. The van der Waals surface area contributed by atoms with E-state index in [9.17, 15) is 5.11 Å². The highest BCUT2D eigenvalue weighted by molar-refractivity contribution is 6.69. The van der Waals surface area contributed by atoms with Gasteiger partial charge in [-0.15, -0.1) is 0 Å². The molecule has 0 aliphatic heterocycles. The molecule has 0 fully saturated rings. The van der Waals surface area contributed by atoms with Gasteiger partial charge in [-0.2, -0.15) is 0 Å². The van der Waals surface area contributed by atoms with Crippen LogP contribution < -0.4 is 0 Å². The normalized spacial score (nSPS) is 13.7. The first-order chi connectivity index (χ1) is 8.48. The van der Waals surface area contributed by atoms with E-state index in [2.05, 4.69) is 5.16 Å². The van der Waals surface area contributed by atoms with Crippen LogP contribution in [0.15, 0.2) is 17.3 Å². The highest BCUT2D eigenvalue weighted by Crippen LogP contribution is 2.40. The number of phenols is 1. The van der Waals surface area contributed by atoms with Crippen molar-refractivity contribution in [2.24, 2.45) is 5.16 Å². The fraction of sp³-hybridized carbons (Fsp3) is 0.533. The number of hydrogen-bond donors (Lipinski definition) is 2. The number of halogens is 1. The van der Waals surface area contributed by atoms with Crippen molar-refractivity contribution >= 4 is 16.8 Å². The molecule has 0 saturated carbocycles. The molecule has 0 amide bonds. The maximum absolute atomic E-state index is 10.5. The smallest absolute Gasteiger partial charge is 0.175 e. The van der Waals surface area contributed by atoms with E-state index in [1.165, 1.54) is 0 Å². The first kappa shape index (κ1) is 15.8. The molecule has 0 unspecified atom stereocenters. The van der Waals surface area contributed by atoms with E-state index in [0.717, 1.165) is 11.1 Å². The van der Waals surface area contributed by atoms with Gasteiger partial charge in [-0.05, 0) is 23.0 Å². The second kappa shape index (κ2) is 5.04. The molecule has 106 valence electrons. The van der Waals surface area contributed by atoms with Crippen molar-refractivity contribution < 1.29 is 10.3 Å². The van der Waals surface area contributed by atoms with Crippen molar-refractivity contribution in [2.75, 3.05) is 0 Å². The van der Waals surface area contributed by atoms with Gasteiger partial charge >= 0.3 is 0 Å². The van der Waals surface area contributed by atoms with E-state index in [1.807, 2.05) is 41.5 Å². The number of phenolic OH excluding ortho intramolecular Hbond substituents is 1. The van der Waals surface area contributed by atoms with Gasteiger partial charge in [0.25, 0.3) is 0 Å². The number of oxime groups is 1. The van der Waals surface area contributed by atoms with Crippen molar-refractivity contribution in [2.45, 2.75) is 52.4 Å². The number of benzene rings is 1. The molecule has 0 spiro atoms. The van der Waals surface area contributed by atoms with Gasteiger partial charge in [0.05, 0.1) is 0 Å². The molecule has 1 aromatic carbocycles. The Bertz CT molecular complexity index is 473. The average molecular weight is 284 g/mol. The topological polar surface area (TPSA) is 52.8 Å². The van der Waals surface area contributed by atoms with Gasteiger partial charge < -0.3 is 10.3 Å². The highest BCUT2D eigenvalue weighted by atomic mass is 35.5. The van der Waals surface area contributed by atoms with Crippen LogP contribution in [-0.2, 0) is 10.8 Å². The molecule has 4 heteroatoms. The lowest BCUT2D eigenvalue weighted by Gasteiger charge is -2.28. The molecule has 1 rings (SSSR count). The van der Waals surface area contributed by atoms with Crippen molar-refractivity contribution in [3.8, 4) is 5.75 Å². The third kappa shape index (κ3) is 3.41. The minimum Gasteiger partial charge on any atom is -0.507 e. The molecule has 0 saturated heterocycles. The molecule has 3 nitrogen and oxygen atoms in total. The van der Waals surface area contributed by atoms with Crippen LogP contribution in [0.25, 0.3) is 0 Å². The number of aromatic hydroxyl groups is 1. The molecule has 0 atom stereocenters. The highest BCUT2D eigenvalue weighted by Gasteiger charge is 2.27. The van der Waals surface area contributed by atoms with Crippen molar-refractivity contribution in [1.82, 2.24) is 0 Å². The Balaban J connectivity index is 3.67. The van der Waals surface area contributed by atoms with Crippen molar-refractivity contribution in [3.05, 3.63) is 28.8 Å². The summed E-state index contributed by atoms with van der Waals surface area (Å²) in [5.74, 6) is 0.283. The number of rotatable bonds is 1. The molecular formula is C15H22ClNO2. The fourth-order valence-corrected chi connectivity index (χ4v) is 2.06. The average Bonchev–Trinajstić information content (AvgIpc) is 2.25. The maximum atomic E-state index is 10.5. The summed E-state index contributed by atoms with van der Waals surface area (Å²) in [4.78, 5) is 0. The second-order valence-corrected chi connectivity index (χ2v) is 7.17. The van der Waals surface area contributed by atoms with Crippen molar-refractivity contribution in [3.63, 3.8) is 0 Å². The Morgan fingerprint density at radius 3 is 1.63 bits per heavy atom. The molecular weight excluding hydrogens is 262 g/mol. The van der Waals surface area contributed by atoms with Crippen LogP contribution in [0.4, 0.5) is 0 Å². The predicted molar refractivity (Wildman–Crippen MR) is 79.7 cm³/mol. The molecule has 2 N–H and O–H groups in total. The van der Waals surface area contributed by atoms with Crippen LogP contribution in [0, 0.1) is 0 Å². The summed E-state index contributed by atoms with van der Waals surface area (Å²) in [5.41, 5.74) is 1.73. The SMILES string of the molecule is CC(C)(C)c1cc(/C(Cl)=N\O)cc(C(C)(C)C)c1O. The Hall–Kier alpha value is -1.22. The molecule has 0 bridgehead atoms. The van der Waals surface area contributed by atoms with E-state index in [-0.39, 0.29) is 21.8 Å². The van der Waals surface area contributed by atoms with E-state index in [0.29, 0.717) is 5.56 Å². The number of hydrogen-bond acceptors (Lipinski definition) is 3. The molecule has 0 aliphatic rings. The minimum absolute atomic E-state index is 0.0241. The molecule has 0 aromatic heterocycles. The summed E-state index contributed by atoms with van der Waals surface area (Å²) in [6, 6.07) is 3.54. The Morgan fingerprint density at radius 2 is 1.37 bits per heavy atom. The fourth-order valence-electron chi connectivity index (χ4n) is 1.95. The zero-order valence-corrected chi connectivity index (χ0v) is 13.1. The number of nitrogens with zero attached hydrogens (tertiary/aromatic N) is 1. The molecule has 0 aliphatic carbocycles. The van der Waals surface area contributed by atoms with Gasteiger partial charge in [-0.25, -0.2) is 0 Å². The van der Waals surface area contributed by atoms with Gasteiger partial charge in [0.1, 0.15) is 5.75 Å². The lowest BCUT2D eigenvalue weighted by molar-refractivity contribution is 0.320. The van der Waals surface area contributed by atoms with Crippen LogP contribution in [-0.4, -0.2) is 15.5 Å². The Morgan fingerprint density at radius 1 is 1.00 bits per heavy atom. The minimum atomic E-state index is -0.229. The van der Waals surface area contributed by atoms with E-state index in [1.54, 1.807) is 12.1 Å². The summed E-state index contributed by atoms with van der Waals surface area (Å²) < 4.78 is 0. The van der Waals surface area contributed by atoms with Gasteiger partial charge in [-0.3, -0.25) is 0 Å². The third-order valence-corrected chi connectivity index (χ3v) is 3.35. The van der Waals surface area contributed by atoms with Crippen LogP contribution in [0.1, 0.15) is 58.2 Å². The second-order valence-electron chi connectivity index (χ2n) is 6.81. The monoisotopic (exact) mass is 283 g/mol. The maximum Gasteiger partial charge on any atom is 0.175 e. The van der Waals surface area contributed by atoms with Crippen molar-refractivity contribution in [1.29, 1.82) is 0 Å². The Labute approximate surface area is 119 Å². The van der Waals surface area contributed by atoms with Gasteiger partial charge in [0.15, 0.2) is 5.17 Å². The largest absolute Gasteiger partial charge is 0.507 e. The molecule has 1 aromatic rings. The summed E-state index contributed by atoms with van der Waals surface area (Å²) in [6.45, 7) is 12.1. The van der Waals surface area contributed by atoms with E-state index >= 15 is 0 Å². The summed E-state index contributed by atoms with van der Waals surface area (Å²) in [7, 11) is 0. The molecule has 0 heterocycles.